The number of nitrogens with one attached hydrogen (secondary N) is 1. The van der Waals surface area contributed by atoms with E-state index in [1.165, 1.54) is 11.3 Å². The van der Waals surface area contributed by atoms with Gasteiger partial charge in [0.1, 0.15) is 11.2 Å². The molecule has 0 saturated carbocycles. The molecule has 2 aromatic heterocycles. The highest BCUT2D eigenvalue weighted by Gasteiger charge is 2.15. The first-order valence-corrected chi connectivity index (χ1v) is 7.13. The zero-order chi connectivity index (χ0) is 14.2. The predicted molar refractivity (Wildman–Crippen MR) is 74.6 cm³/mol. The van der Waals surface area contributed by atoms with Gasteiger partial charge in [0.15, 0.2) is 11.5 Å². The smallest absolute Gasteiger partial charge is 0.271 e. The predicted octanol–water partition coefficient (Wildman–Crippen LogP) is 1.45. The summed E-state index contributed by atoms with van der Waals surface area (Å²) in [6, 6.07) is 5.58. The summed E-state index contributed by atoms with van der Waals surface area (Å²) >= 11 is 1.38. The van der Waals surface area contributed by atoms with Crippen LogP contribution in [0.5, 0.6) is 11.5 Å². The summed E-state index contributed by atoms with van der Waals surface area (Å²) in [6.45, 7) is 0.637. The van der Waals surface area contributed by atoms with Gasteiger partial charge in [-0.15, -0.1) is 0 Å². The first kappa shape index (κ1) is 12.2. The lowest BCUT2D eigenvalue weighted by atomic mass is 10.2. The molecule has 3 heterocycles. The molecule has 106 valence electrons. The molecule has 1 amide bonds. The SMILES string of the molecule is O=C(NCc1ccc2c(c1)OCO2)c1cn2ncsc2n1. The van der Waals surface area contributed by atoms with Gasteiger partial charge in [0, 0.05) is 6.54 Å². The van der Waals surface area contributed by atoms with Gasteiger partial charge in [-0.25, -0.2) is 9.50 Å². The van der Waals surface area contributed by atoms with E-state index in [4.69, 9.17) is 9.47 Å². The van der Waals surface area contributed by atoms with E-state index < -0.39 is 0 Å². The van der Waals surface area contributed by atoms with E-state index in [1.807, 2.05) is 18.2 Å². The van der Waals surface area contributed by atoms with Gasteiger partial charge in [-0.05, 0) is 17.7 Å². The summed E-state index contributed by atoms with van der Waals surface area (Å²) in [4.78, 5) is 17.0. The average molecular weight is 302 g/mol. The van der Waals surface area contributed by atoms with Crippen molar-refractivity contribution in [2.75, 3.05) is 6.79 Å². The monoisotopic (exact) mass is 302 g/mol. The summed E-state index contributed by atoms with van der Waals surface area (Å²) in [6.07, 6.45) is 1.61. The normalized spacial score (nSPS) is 12.8. The van der Waals surface area contributed by atoms with Gasteiger partial charge in [-0.2, -0.15) is 5.10 Å². The van der Waals surface area contributed by atoms with Gasteiger partial charge in [0.25, 0.3) is 5.91 Å². The zero-order valence-electron chi connectivity index (χ0n) is 10.8. The van der Waals surface area contributed by atoms with E-state index in [1.54, 1.807) is 16.2 Å². The Morgan fingerprint density at radius 2 is 2.29 bits per heavy atom. The molecule has 0 bridgehead atoms. The van der Waals surface area contributed by atoms with Crippen LogP contribution >= 0.6 is 11.3 Å². The van der Waals surface area contributed by atoms with Crippen LogP contribution in [0.1, 0.15) is 16.1 Å². The van der Waals surface area contributed by atoms with Gasteiger partial charge < -0.3 is 14.8 Å². The number of amides is 1. The van der Waals surface area contributed by atoms with E-state index in [9.17, 15) is 4.79 Å². The molecule has 0 aliphatic carbocycles. The first-order chi connectivity index (χ1) is 10.3. The molecule has 8 heteroatoms. The molecule has 4 rings (SSSR count). The fourth-order valence-electron chi connectivity index (χ4n) is 2.07. The number of aromatic nitrogens is 3. The van der Waals surface area contributed by atoms with Crippen LogP contribution in [-0.4, -0.2) is 27.3 Å². The number of fused-ring (bicyclic) bond motifs is 2. The third-order valence-corrected chi connectivity index (χ3v) is 3.80. The number of benzene rings is 1. The maximum absolute atomic E-state index is 12.1. The van der Waals surface area contributed by atoms with E-state index in [0.29, 0.717) is 22.9 Å². The van der Waals surface area contributed by atoms with Crippen LogP contribution in [0.25, 0.3) is 4.96 Å². The number of nitrogens with zero attached hydrogens (tertiary/aromatic N) is 3. The first-order valence-electron chi connectivity index (χ1n) is 6.25. The number of hydrogen-bond donors (Lipinski definition) is 1. The quantitative estimate of drug-likeness (QED) is 0.792. The van der Waals surface area contributed by atoms with Gasteiger partial charge in [-0.1, -0.05) is 17.4 Å². The number of rotatable bonds is 3. The third-order valence-electron chi connectivity index (χ3n) is 3.11. The van der Waals surface area contributed by atoms with Crippen molar-refractivity contribution >= 4 is 22.2 Å². The molecule has 1 N–H and O–H groups in total. The molecule has 0 fully saturated rings. The molecule has 0 atom stereocenters. The van der Waals surface area contributed by atoms with E-state index in [-0.39, 0.29) is 12.7 Å². The minimum absolute atomic E-state index is 0.231. The molecule has 0 saturated heterocycles. The highest BCUT2D eigenvalue weighted by molar-refractivity contribution is 7.14. The van der Waals surface area contributed by atoms with Crippen molar-refractivity contribution in [3.63, 3.8) is 0 Å². The van der Waals surface area contributed by atoms with Gasteiger partial charge >= 0.3 is 0 Å². The molecule has 3 aromatic rings. The van der Waals surface area contributed by atoms with Crippen molar-refractivity contribution in [3.8, 4) is 11.5 Å². The summed E-state index contributed by atoms with van der Waals surface area (Å²) in [5.41, 5.74) is 2.97. The fourth-order valence-corrected chi connectivity index (χ4v) is 2.67. The number of imidazole rings is 1. The van der Waals surface area contributed by atoms with E-state index >= 15 is 0 Å². The molecule has 1 aromatic carbocycles. The maximum Gasteiger partial charge on any atom is 0.271 e. The van der Waals surface area contributed by atoms with Crippen molar-refractivity contribution in [3.05, 3.63) is 41.2 Å². The average Bonchev–Trinajstić information content (AvgIpc) is 3.18. The van der Waals surface area contributed by atoms with Crippen LogP contribution in [0.3, 0.4) is 0 Å². The number of ether oxygens (including phenoxy) is 2. The number of carbonyl (C=O) groups is 1. The maximum atomic E-state index is 12.1. The molecule has 0 unspecified atom stereocenters. The van der Waals surface area contributed by atoms with Gasteiger partial charge in [-0.3, -0.25) is 4.79 Å². The van der Waals surface area contributed by atoms with Crippen LogP contribution in [0.4, 0.5) is 0 Å². The third kappa shape index (κ3) is 2.19. The Kier molecular flexibility index (Phi) is 2.74. The standard InChI is InChI=1S/C13H10N4O3S/c18-12(9-5-17-13(16-9)21-6-15-17)14-4-8-1-2-10-11(3-8)20-7-19-10/h1-3,5-6H,4,7H2,(H,14,18). The highest BCUT2D eigenvalue weighted by Crippen LogP contribution is 2.32. The molecule has 1 aliphatic rings. The van der Waals surface area contributed by atoms with Crippen molar-refractivity contribution in [2.45, 2.75) is 6.54 Å². The topological polar surface area (TPSA) is 77.8 Å². The fraction of sp³-hybridized carbons (Fsp3) is 0.154. The van der Waals surface area contributed by atoms with Crippen LogP contribution in [0.2, 0.25) is 0 Å². The lowest BCUT2D eigenvalue weighted by Crippen LogP contribution is -2.23. The van der Waals surface area contributed by atoms with Crippen molar-refractivity contribution in [2.24, 2.45) is 0 Å². The van der Waals surface area contributed by atoms with Crippen molar-refractivity contribution in [1.29, 1.82) is 0 Å². The largest absolute Gasteiger partial charge is 0.454 e. The van der Waals surface area contributed by atoms with Crippen molar-refractivity contribution in [1.82, 2.24) is 19.9 Å². The van der Waals surface area contributed by atoms with E-state index in [2.05, 4.69) is 15.4 Å². The Hall–Kier alpha value is -2.61. The Morgan fingerprint density at radius 1 is 1.38 bits per heavy atom. The van der Waals surface area contributed by atoms with E-state index in [0.717, 1.165) is 11.3 Å². The van der Waals surface area contributed by atoms with Crippen LogP contribution in [0, 0.1) is 0 Å². The summed E-state index contributed by atoms with van der Waals surface area (Å²) in [5.74, 6) is 1.20. The lowest BCUT2D eigenvalue weighted by Gasteiger charge is -2.04. The van der Waals surface area contributed by atoms with Gasteiger partial charge in [0.2, 0.25) is 11.8 Å². The molecule has 1 aliphatic heterocycles. The zero-order valence-corrected chi connectivity index (χ0v) is 11.6. The Morgan fingerprint density at radius 3 is 3.19 bits per heavy atom. The van der Waals surface area contributed by atoms with Crippen LogP contribution in [-0.2, 0) is 6.54 Å². The molecular formula is C13H10N4O3S. The van der Waals surface area contributed by atoms with Gasteiger partial charge in [0.05, 0.1) is 6.20 Å². The molecular weight excluding hydrogens is 292 g/mol. The summed E-state index contributed by atoms with van der Waals surface area (Å²) in [7, 11) is 0. The minimum atomic E-state index is -0.231. The summed E-state index contributed by atoms with van der Waals surface area (Å²) in [5, 5.41) is 6.86. The second kappa shape index (κ2) is 4.74. The number of carbonyl (C=O) groups excluding carboxylic acids is 1. The highest BCUT2D eigenvalue weighted by atomic mass is 32.1. The van der Waals surface area contributed by atoms with Crippen LogP contribution < -0.4 is 14.8 Å². The van der Waals surface area contributed by atoms with Crippen molar-refractivity contribution < 1.29 is 14.3 Å². The Bertz CT molecular complexity index is 797. The Balaban J connectivity index is 1.46. The molecule has 7 nitrogen and oxygen atoms in total. The van der Waals surface area contributed by atoms with Crippen LogP contribution in [0.15, 0.2) is 29.9 Å². The second-order valence-corrected chi connectivity index (χ2v) is 5.27. The summed E-state index contributed by atoms with van der Waals surface area (Å²) < 4.78 is 12.1. The Labute approximate surface area is 123 Å². The number of hydrogen-bond acceptors (Lipinski definition) is 6. The molecule has 0 radical (unpaired) electrons. The molecule has 0 spiro atoms. The second-order valence-electron chi connectivity index (χ2n) is 4.46. The molecule has 21 heavy (non-hydrogen) atoms. The lowest BCUT2D eigenvalue weighted by molar-refractivity contribution is 0.0946. The minimum Gasteiger partial charge on any atom is -0.454 e.